The third-order valence-corrected chi connectivity index (χ3v) is 4.08. The second kappa shape index (κ2) is 6.13. The third-order valence-electron chi connectivity index (χ3n) is 4.08. The van der Waals surface area contributed by atoms with Crippen molar-refractivity contribution in [2.24, 2.45) is 0 Å². The zero-order valence-corrected chi connectivity index (χ0v) is 13.4. The summed E-state index contributed by atoms with van der Waals surface area (Å²) in [6, 6.07) is 18.8. The maximum atomic E-state index is 4.44. The van der Waals surface area contributed by atoms with Crippen molar-refractivity contribution in [2.75, 3.05) is 0 Å². The summed E-state index contributed by atoms with van der Waals surface area (Å²) in [6.07, 6.45) is 7.77. The first-order chi connectivity index (χ1) is 11.8. The van der Waals surface area contributed by atoms with Gasteiger partial charge in [0.25, 0.3) is 0 Å². The van der Waals surface area contributed by atoms with Crippen LogP contribution in [0.5, 0.6) is 0 Å². The zero-order valence-electron chi connectivity index (χ0n) is 13.4. The van der Waals surface area contributed by atoms with E-state index in [4.69, 9.17) is 0 Å². The second-order valence-corrected chi connectivity index (χ2v) is 5.85. The van der Waals surface area contributed by atoms with Crippen molar-refractivity contribution >= 4 is 23.1 Å². The predicted octanol–water partition coefficient (Wildman–Crippen LogP) is 5.10. The summed E-state index contributed by atoms with van der Waals surface area (Å²) in [5, 5.41) is 8.69. The number of aryl methyl sites for hydroxylation is 1. The van der Waals surface area contributed by atoms with Gasteiger partial charge in [-0.15, -0.1) is 0 Å². The Bertz CT molecular complexity index is 1010. The number of fused-ring (bicyclic) bond motifs is 1. The standard InChI is InChI=1S/C21H17N3/c1-15-3-2-4-16(13-15)5-8-20-19-7-6-18(14-21(19)24-23-20)17-9-11-22-12-10-17/h2-14H,1H3,(H,23,24). The van der Waals surface area contributed by atoms with E-state index in [1.165, 1.54) is 11.1 Å². The molecule has 1 N–H and O–H groups in total. The highest BCUT2D eigenvalue weighted by atomic mass is 15.1. The Morgan fingerprint density at radius 2 is 1.75 bits per heavy atom. The number of benzene rings is 2. The van der Waals surface area contributed by atoms with Crippen LogP contribution in [0.15, 0.2) is 67.0 Å². The molecule has 0 saturated carbocycles. The molecule has 0 aliphatic heterocycles. The number of pyridine rings is 1. The third kappa shape index (κ3) is 2.84. The lowest BCUT2D eigenvalue weighted by Crippen LogP contribution is -1.79. The maximum absolute atomic E-state index is 4.44. The Labute approximate surface area is 140 Å². The van der Waals surface area contributed by atoms with E-state index >= 15 is 0 Å². The summed E-state index contributed by atoms with van der Waals surface area (Å²) < 4.78 is 0. The molecule has 0 aliphatic rings. The Kier molecular flexibility index (Phi) is 3.67. The van der Waals surface area contributed by atoms with Gasteiger partial charge in [0, 0.05) is 17.8 Å². The predicted molar refractivity (Wildman–Crippen MR) is 99.4 cm³/mol. The number of nitrogens with zero attached hydrogens (tertiary/aromatic N) is 2. The molecule has 0 atom stereocenters. The van der Waals surface area contributed by atoms with Crippen molar-refractivity contribution in [3.63, 3.8) is 0 Å². The van der Waals surface area contributed by atoms with Gasteiger partial charge in [0.05, 0.1) is 11.2 Å². The van der Waals surface area contributed by atoms with Crippen LogP contribution in [0.3, 0.4) is 0 Å². The molecule has 24 heavy (non-hydrogen) atoms. The summed E-state index contributed by atoms with van der Waals surface area (Å²) in [4.78, 5) is 4.07. The van der Waals surface area contributed by atoms with Crippen molar-refractivity contribution in [3.8, 4) is 11.1 Å². The molecule has 0 saturated heterocycles. The molecule has 0 amide bonds. The molecule has 2 heterocycles. The first-order valence-corrected chi connectivity index (χ1v) is 7.93. The van der Waals surface area contributed by atoms with Gasteiger partial charge in [-0.05, 0) is 54.0 Å². The lowest BCUT2D eigenvalue weighted by Gasteiger charge is -2.01. The van der Waals surface area contributed by atoms with Crippen molar-refractivity contribution in [1.82, 2.24) is 15.2 Å². The number of H-pyrrole nitrogens is 1. The molecule has 4 rings (SSSR count). The van der Waals surface area contributed by atoms with Crippen LogP contribution in [0.1, 0.15) is 16.8 Å². The number of rotatable bonds is 3. The van der Waals surface area contributed by atoms with Gasteiger partial charge in [0.15, 0.2) is 0 Å². The number of aromatic nitrogens is 3. The fraction of sp³-hybridized carbons (Fsp3) is 0.0476. The van der Waals surface area contributed by atoms with Gasteiger partial charge >= 0.3 is 0 Å². The van der Waals surface area contributed by atoms with E-state index in [0.29, 0.717) is 0 Å². The molecule has 0 aliphatic carbocycles. The molecule has 0 fully saturated rings. The Hall–Kier alpha value is -3.20. The lowest BCUT2D eigenvalue weighted by molar-refractivity contribution is 1.11. The minimum Gasteiger partial charge on any atom is -0.277 e. The van der Waals surface area contributed by atoms with Gasteiger partial charge in [-0.2, -0.15) is 5.10 Å². The first-order valence-electron chi connectivity index (χ1n) is 7.93. The zero-order chi connectivity index (χ0) is 16.4. The normalized spacial score (nSPS) is 11.4. The highest BCUT2D eigenvalue weighted by Crippen LogP contribution is 2.25. The Morgan fingerprint density at radius 1 is 0.875 bits per heavy atom. The van der Waals surface area contributed by atoms with Crippen LogP contribution < -0.4 is 0 Å². The second-order valence-electron chi connectivity index (χ2n) is 5.85. The van der Waals surface area contributed by atoms with Gasteiger partial charge < -0.3 is 0 Å². The van der Waals surface area contributed by atoms with Crippen LogP contribution in [0.4, 0.5) is 0 Å². The SMILES string of the molecule is Cc1cccc(C=Cc2n[nH]c3cc(-c4ccncc4)ccc23)c1. The molecule has 4 aromatic rings. The van der Waals surface area contributed by atoms with Gasteiger partial charge in [0.1, 0.15) is 0 Å². The number of hydrogen-bond acceptors (Lipinski definition) is 2. The topological polar surface area (TPSA) is 41.6 Å². The summed E-state index contributed by atoms with van der Waals surface area (Å²) in [5.74, 6) is 0. The van der Waals surface area contributed by atoms with E-state index in [-0.39, 0.29) is 0 Å². The Balaban J connectivity index is 1.68. The average molecular weight is 311 g/mol. The van der Waals surface area contributed by atoms with Crippen LogP contribution in [0.25, 0.3) is 34.2 Å². The lowest BCUT2D eigenvalue weighted by atomic mass is 10.0. The summed E-state index contributed by atoms with van der Waals surface area (Å²) in [6.45, 7) is 2.10. The van der Waals surface area contributed by atoms with Crippen molar-refractivity contribution < 1.29 is 0 Å². The van der Waals surface area contributed by atoms with Crippen LogP contribution in [0.2, 0.25) is 0 Å². The van der Waals surface area contributed by atoms with Crippen molar-refractivity contribution in [3.05, 3.63) is 83.8 Å². The van der Waals surface area contributed by atoms with Crippen LogP contribution in [0, 0.1) is 6.92 Å². The average Bonchev–Trinajstić information content (AvgIpc) is 3.03. The van der Waals surface area contributed by atoms with E-state index in [0.717, 1.165) is 27.7 Å². The molecule has 0 radical (unpaired) electrons. The monoisotopic (exact) mass is 311 g/mol. The number of aromatic amines is 1. The summed E-state index contributed by atoms with van der Waals surface area (Å²) >= 11 is 0. The summed E-state index contributed by atoms with van der Waals surface area (Å²) in [7, 11) is 0. The molecule has 116 valence electrons. The summed E-state index contributed by atoms with van der Waals surface area (Å²) in [5.41, 5.74) is 6.73. The van der Waals surface area contributed by atoms with Crippen molar-refractivity contribution in [1.29, 1.82) is 0 Å². The quantitative estimate of drug-likeness (QED) is 0.571. The molecule has 2 aromatic carbocycles. The van der Waals surface area contributed by atoms with Gasteiger partial charge in [-0.3, -0.25) is 10.1 Å². The van der Waals surface area contributed by atoms with Crippen molar-refractivity contribution in [2.45, 2.75) is 6.92 Å². The number of nitrogens with one attached hydrogen (secondary N) is 1. The molecule has 0 bridgehead atoms. The molecule has 0 spiro atoms. The van der Waals surface area contributed by atoms with Crippen LogP contribution in [-0.4, -0.2) is 15.2 Å². The van der Waals surface area contributed by atoms with Gasteiger partial charge in [0.2, 0.25) is 0 Å². The highest BCUT2D eigenvalue weighted by molar-refractivity contribution is 5.92. The van der Waals surface area contributed by atoms with Crippen LogP contribution in [-0.2, 0) is 0 Å². The van der Waals surface area contributed by atoms with Gasteiger partial charge in [-0.25, -0.2) is 0 Å². The minimum absolute atomic E-state index is 0.952. The molecule has 2 aromatic heterocycles. The highest BCUT2D eigenvalue weighted by Gasteiger charge is 2.05. The van der Waals surface area contributed by atoms with E-state index in [9.17, 15) is 0 Å². The molecular formula is C21H17N3. The largest absolute Gasteiger partial charge is 0.277 e. The number of hydrogen-bond donors (Lipinski definition) is 1. The van der Waals surface area contributed by atoms with E-state index in [2.05, 4.69) is 76.7 Å². The maximum Gasteiger partial charge on any atom is 0.0927 e. The fourth-order valence-electron chi connectivity index (χ4n) is 2.84. The minimum atomic E-state index is 0.952. The molecular weight excluding hydrogens is 294 g/mol. The molecule has 3 nitrogen and oxygen atoms in total. The van der Waals surface area contributed by atoms with Gasteiger partial charge in [-0.1, -0.05) is 42.0 Å². The van der Waals surface area contributed by atoms with E-state index in [1.807, 2.05) is 24.5 Å². The van der Waals surface area contributed by atoms with Crippen LogP contribution >= 0.6 is 0 Å². The Morgan fingerprint density at radius 3 is 2.58 bits per heavy atom. The van der Waals surface area contributed by atoms with E-state index < -0.39 is 0 Å². The fourth-order valence-corrected chi connectivity index (χ4v) is 2.84. The molecule has 0 unspecified atom stereocenters. The molecule has 3 heteroatoms. The smallest absolute Gasteiger partial charge is 0.0927 e. The van der Waals surface area contributed by atoms with E-state index in [1.54, 1.807) is 0 Å². The first kappa shape index (κ1) is 14.4.